The van der Waals surface area contributed by atoms with Crippen LogP contribution in [0.1, 0.15) is 5.56 Å². The van der Waals surface area contributed by atoms with Gasteiger partial charge in [-0.3, -0.25) is 4.79 Å². The topological polar surface area (TPSA) is 64.4 Å². The predicted octanol–water partition coefficient (Wildman–Crippen LogP) is 4.29. The highest BCUT2D eigenvalue weighted by Gasteiger charge is 2.14. The molecule has 6 heteroatoms. The summed E-state index contributed by atoms with van der Waals surface area (Å²) in [7, 11) is 0. The molecule has 1 heterocycles. The van der Waals surface area contributed by atoms with Crippen LogP contribution >= 0.6 is 11.6 Å². The maximum absolute atomic E-state index is 12.9. The smallest absolute Gasteiger partial charge is 0.274 e. The zero-order valence-electron chi connectivity index (χ0n) is 16.2. The zero-order valence-corrected chi connectivity index (χ0v) is 17.0. The largest absolute Gasteiger partial charge is 0.389 e. The van der Waals surface area contributed by atoms with Crippen LogP contribution in [0.4, 0.5) is 0 Å². The lowest BCUT2D eigenvalue weighted by atomic mass is 10.1. The molecule has 0 aliphatic rings. The first-order valence-electron chi connectivity index (χ1n) is 9.67. The van der Waals surface area contributed by atoms with E-state index in [1.165, 1.54) is 4.68 Å². The summed E-state index contributed by atoms with van der Waals surface area (Å²) in [6.45, 7) is 0.484. The van der Waals surface area contributed by atoms with Gasteiger partial charge in [0.05, 0.1) is 36.9 Å². The average molecular weight is 421 g/mol. The van der Waals surface area contributed by atoms with Gasteiger partial charge in [-0.2, -0.15) is 5.10 Å². The molecular weight excluding hydrogens is 400 g/mol. The van der Waals surface area contributed by atoms with Crippen LogP contribution in [-0.2, 0) is 17.9 Å². The molecule has 0 saturated heterocycles. The number of aliphatic hydroxyl groups is 1. The first kappa shape index (κ1) is 20.3. The third kappa shape index (κ3) is 4.60. The van der Waals surface area contributed by atoms with Crippen LogP contribution in [0, 0.1) is 0 Å². The molecule has 5 nitrogen and oxygen atoms in total. The number of fused-ring (bicyclic) bond motifs is 1. The van der Waals surface area contributed by atoms with Crippen molar-refractivity contribution >= 4 is 22.4 Å². The number of hydrogen-bond donors (Lipinski definition) is 1. The van der Waals surface area contributed by atoms with Gasteiger partial charge in [-0.1, -0.05) is 72.3 Å². The van der Waals surface area contributed by atoms with Crippen molar-refractivity contribution in [2.75, 3.05) is 6.61 Å². The molecule has 0 bridgehead atoms. The van der Waals surface area contributed by atoms with E-state index in [0.717, 1.165) is 16.5 Å². The van der Waals surface area contributed by atoms with Crippen molar-refractivity contribution in [1.82, 2.24) is 9.78 Å². The molecule has 0 saturated carbocycles. The molecular formula is C24H21ClN2O3. The van der Waals surface area contributed by atoms with Gasteiger partial charge in [0.2, 0.25) is 0 Å². The number of aliphatic hydroxyl groups excluding tert-OH is 1. The summed E-state index contributed by atoms with van der Waals surface area (Å²) < 4.78 is 6.92. The van der Waals surface area contributed by atoms with E-state index in [2.05, 4.69) is 5.10 Å². The Morgan fingerprint density at radius 1 is 0.933 bits per heavy atom. The highest BCUT2D eigenvalue weighted by Crippen LogP contribution is 2.24. The second-order valence-electron chi connectivity index (χ2n) is 7.04. The Kier molecular flexibility index (Phi) is 6.23. The van der Waals surface area contributed by atoms with E-state index >= 15 is 0 Å². The summed E-state index contributed by atoms with van der Waals surface area (Å²) in [5.74, 6) is 0. The van der Waals surface area contributed by atoms with Crippen LogP contribution in [0.2, 0.25) is 5.02 Å². The van der Waals surface area contributed by atoms with E-state index < -0.39 is 6.10 Å². The van der Waals surface area contributed by atoms with Crippen LogP contribution in [-0.4, -0.2) is 27.6 Å². The fraction of sp³-hybridized carbons (Fsp3) is 0.167. The minimum Gasteiger partial charge on any atom is -0.389 e. The summed E-state index contributed by atoms with van der Waals surface area (Å²) in [5.41, 5.74) is 2.34. The molecule has 0 fully saturated rings. The molecule has 152 valence electrons. The second kappa shape index (κ2) is 9.22. The van der Waals surface area contributed by atoms with E-state index in [1.54, 1.807) is 18.2 Å². The molecule has 1 N–H and O–H groups in total. The number of halogens is 1. The van der Waals surface area contributed by atoms with Crippen molar-refractivity contribution in [3.8, 4) is 11.3 Å². The Morgan fingerprint density at radius 3 is 2.33 bits per heavy atom. The van der Waals surface area contributed by atoms with Crippen molar-refractivity contribution in [1.29, 1.82) is 0 Å². The Morgan fingerprint density at radius 2 is 1.60 bits per heavy atom. The molecule has 4 rings (SSSR count). The minimum atomic E-state index is -0.868. The third-order valence-corrected chi connectivity index (χ3v) is 5.04. The number of benzene rings is 3. The van der Waals surface area contributed by atoms with Gasteiger partial charge in [0.15, 0.2) is 0 Å². The van der Waals surface area contributed by atoms with Crippen LogP contribution < -0.4 is 5.56 Å². The molecule has 30 heavy (non-hydrogen) atoms. The normalized spacial score (nSPS) is 12.2. The monoisotopic (exact) mass is 420 g/mol. The van der Waals surface area contributed by atoms with E-state index in [9.17, 15) is 9.90 Å². The lowest BCUT2D eigenvalue weighted by molar-refractivity contribution is 0.0181. The van der Waals surface area contributed by atoms with Gasteiger partial charge in [-0.05, 0) is 23.8 Å². The van der Waals surface area contributed by atoms with E-state index in [0.29, 0.717) is 22.7 Å². The van der Waals surface area contributed by atoms with Crippen LogP contribution in [0.15, 0.2) is 83.7 Å². The van der Waals surface area contributed by atoms with Gasteiger partial charge in [-0.15, -0.1) is 0 Å². The van der Waals surface area contributed by atoms with Crippen molar-refractivity contribution < 1.29 is 9.84 Å². The fourth-order valence-electron chi connectivity index (χ4n) is 3.31. The molecule has 1 atom stereocenters. The maximum Gasteiger partial charge on any atom is 0.274 e. The van der Waals surface area contributed by atoms with E-state index in [1.807, 2.05) is 60.7 Å². The molecule has 3 aromatic carbocycles. The summed E-state index contributed by atoms with van der Waals surface area (Å²) in [6, 6.07) is 24.4. The lowest BCUT2D eigenvalue weighted by Crippen LogP contribution is -2.31. The predicted molar refractivity (Wildman–Crippen MR) is 119 cm³/mol. The van der Waals surface area contributed by atoms with Gasteiger partial charge in [0, 0.05) is 16.0 Å². The molecule has 0 amide bonds. The summed E-state index contributed by atoms with van der Waals surface area (Å²) >= 11 is 5.88. The Balaban J connectivity index is 1.54. The maximum atomic E-state index is 12.9. The number of hydrogen-bond acceptors (Lipinski definition) is 4. The summed E-state index contributed by atoms with van der Waals surface area (Å²) in [4.78, 5) is 12.9. The Labute approximate surface area is 179 Å². The average Bonchev–Trinajstić information content (AvgIpc) is 2.78. The number of aromatic nitrogens is 2. The number of rotatable bonds is 7. The molecule has 1 aromatic heterocycles. The van der Waals surface area contributed by atoms with Gasteiger partial charge in [0.1, 0.15) is 0 Å². The standard InChI is InChI=1S/C24H21ClN2O3/c25-19-12-10-17(11-13-19)15-30-16-20(28)14-27-24(29)22-9-5-4-8-21(22)23(26-27)18-6-2-1-3-7-18/h1-13,20,28H,14-16H2/t20-/m1/s1. The van der Waals surface area contributed by atoms with Crippen LogP contribution in [0.5, 0.6) is 0 Å². The highest BCUT2D eigenvalue weighted by molar-refractivity contribution is 6.30. The van der Waals surface area contributed by atoms with Gasteiger partial charge >= 0.3 is 0 Å². The van der Waals surface area contributed by atoms with Crippen molar-refractivity contribution in [3.05, 3.63) is 99.8 Å². The Hall–Kier alpha value is -2.99. The third-order valence-electron chi connectivity index (χ3n) is 4.79. The Bertz CT molecular complexity index is 1190. The second-order valence-corrected chi connectivity index (χ2v) is 7.48. The van der Waals surface area contributed by atoms with Crippen molar-refractivity contribution in [3.63, 3.8) is 0 Å². The van der Waals surface area contributed by atoms with Crippen molar-refractivity contribution in [2.45, 2.75) is 19.3 Å². The highest BCUT2D eigenvalue weighted by atomic mass is 35.5. The van der Waals surface area contributed by atoms with Gasteiger partial charge < -0.3 is 9.84 Å². The van der Waals surface area contributed by atoms with Crippen LogP contribution in [0.3, 0.4) is 0 Å². The van der Waals surface area contributed by atoms with Crippen molar-refractivity contribution in [2.24, 2.45) is 0 Å². The van der Waals surface area contributed by atoms with Gasteiger partial charge in [0.25, 0.3) is 5.56 Å². The molecule has 0 aliphatic carbocycles. The molecule has 0 unspecified atom stereocenters. The minimum absolute atomic E-state index is 0.0458. The molecule has 4 aromatic rings. The molecule has 0 radical (unpaired) electrons. The summed E-state index contributed by atoms with van der Waals surface area (Å²) in [5, 5.41) is 17.0. The fourth-order valence-corrected chi connectivity index (χ4v) is 3.44. The first-order valence-corrected chi connectivity index (χ1v) is 10.0. The number of ether oxygens (including phenoxy) is 1. The first-order chi connectivity index (χ1) is 14.6. The molecule has 0 spiro atoms. The zero-order chi connectivity index (χ0) is 20.9. The lowest BCUT2D eigenvalue weighted by Gasteiger charge is -2.15. The quantitative estimate of drug-likeness (QED) is 0.484. The number of nitrogens with zero attached hydrogens (tertiary/aromatic N) is 2. The SMILES string of the molecule is O=c1c2ccccc2c(-c2ccccc2)nn1C[C@@H](O)COCc1ccc(Cl)cc1. The van der Waals surface area contributed by atoms with Crippen LogP contribution in [0.25, 0.3) is 22.0 Å². The van der Waals surface area contributed by atoms with E-state index in [-0.39, 0.29) is 18.7 Å². The van der Waals surface area contributed by atoms with E-state index in [4.69, 9.17) is 16.3 Å². The molecule has 0 aliphatic heterocycles. The van der Waals surface area contributed by atoms with Gasteiger partial charge in [-0.25, -0.2) is 4.68 Å². The summed E-state index contributed by atoms with van der Waals surface area (Å²) in [6.07, 6.45) is -0.868.